The van der Waals surface area contributed by atoms with Gasteiger partial charge in [0, 0.05) is 54.7 Å². The maximum Gasteiger partial charge on any atom is 0.301 e. The van der Waals surface area contributed by atoms with Crippen molar-refractivity contribution in [3.05, 3.63) is 52.7 Å². The average Bonchev–Trinajstić information content (AvgIpc) is 3.89. The second kappa shape index (κ2) is 12.7. The zero-order valence-electron chi connectivity index (χ0n) is 29.6. The standard InChI is InChI=1S/C37H49ClN6O4Si/c1-37(2,3)49(5,6)48-30-13-12-26-31(21-46-34(26)30)47-36-42-29-17-27(38)28(41-35(29)44(36)32-9-7-8-14-45-32)16-23-11-10-22-15-24(18-39-33(22)23)25-19-40-43(4)20-25/h15,17-20,23,26,30-32,34H,7-14,16,21H2,1-6H3/t23?,26-,30-,31-,32?,34+/m1/s1. The molecule has 2 saturated heterocycles. The first-order valence-electron chi connectivity index (χ1n) is 18.1. The molecule has 0 amide bonds. The molecule has 2 unspecified atom stereocenters. The van der Waals surface area contributed by atoms with Crippen LogP contribution in [0.5, 0.6) is 6.01 Å². The highest BCUT2D eigenvalue weighted by Crippen LogP contribution is 2.45. The lowest BCUT2D eigenvalue weighted by atomic mass is 9.99. The summed E-state index contributed by atoms with van der Waals surface area (Å²) in [5, 5.41) is 5.11. The van der Waals surface area contributed by atoms with Gasteiger partial charge in [0.15, 0.2) is 14.0 Å². The second-order valence-electron chi connectivity index (χ2n) is 16.1. The summed E-state index contributed by atoms with van der Waals surface area (Å²) in [5.74, 6) is 0.505. The van der Waals surface area contributed by atoms with E-state index in [1.165, 1.54) is 5.56 Å². The number of halogens is 1. The molecule has 1 saturated carbocycles. The Labute approximate surface area is 295 Å². The monoisotopic (exact) mass is 704 g/mol. The lowest BCUT2D eigenvalue weighted by molar-refractivity contribution is -0.0369. The summed E-state index contributed by atoms with van der Waals surface area (Å²) >= 11 is 6.96. The molecule has 4 aliphatic rings. The lowest BCUT2D eigenvalue weighted by Gasteiger charge is -2.39. The molecule has 2 aliphatic heterocycles. The Bertz CT molecular complexity index is 1850. The topological polar surface area (TPSA) is 98.3 Å². The van der Waals surface area contributed by atoms with Gasteiger partial charge in [-0.3, -0.25) is 14.2 Å². The fraction of sp³-hybridized carbons (Fsp3) is 0.622. The van der Waals surface area contributed by atoms with Crippen LogP contribution in [0.2, 0.25) is 23.2 Å². The number of fused-ring (bicyclic) bond motifs is 3. The van der Waals surface area contributed by atoms with Crippen molar-refractivity contribution in [1.82, 2.24) is 29.3 Å². The van der Waals surface area contributed by atoms with Crippen LogP contribution >= 0.6 is 11.6 Å². The molecule has 0 N–H and O–H groups in total. The Hall–Kier alpha value is -2.83. The van der Waals surface area contributed by atoms with Gasteiger partial charge in [-0.15, -0.1) is 0 Å². The minimum atomic E-state index is -1.92. The molecule has 10 nitrogen and oxygen atoms in total. The number of hydrogen-bond acceptors (Lipinski definition) is 8. The number of ether oxygens (including phenoxy) is 3. The van der Waals surface area contributed by atoms with Gasteiger partial charge in [0.1, 0.15) is 17.8 Å². The largest absolute Gasteiger partial charge is 0.458 e. The molecule has 4 aromatic rings. The fourth-order valence-electron chi connectivity index (χ4n) is 8.00. The maximum absolute atomic E-state index is 6.96. The molecule has 0 spiro atoms. The Morgan fingerprint density at radius 2 is 1.86 bits per heavy atom. The quantitative estimate of drug-likeness (QED) is 0.172. The van der Waals surface area contributed by atoms with Crippen molar-refractivity contribution < 1.29 is 18.6 Å². The normalized spacial score (nSPS) is 27.2. The molecule has 4 aromatic heterocycles. The van der Waals surface area contributed by atoms with E-state index in [1.54, 1.807) is 0 Å². The SMILES string of the molecule is Cn1cc(-c2cnc3c(c2)CCC3Cc2nc3c(cc2Cl)nc(O[C@@H]2CO[C@H]4[C@@H]2CC[C@H]4O[Si](C)(C)C(C)(C)C)n3C2CCCCO2)cn1. The summed E-state index contributed by atoms with van der Waals surface area (Å²) in [7, 11) is 0.0136. The zero-order chi connectivity index (χ0) is 34.1. The van der Waals surface area contributed by atoms with Gasteiger partial charge in [0.25, 0.3) is 0 Å². The minimum Gasteiger partial charge on any atom is -0.458 e. The molecule has 0 aromatic carbocycles. The lowest BCUT2D eigenvalue weighted by Crippen LogP contribution is -2.46. The van der Waals surface area contributed by atoms with Gasteiger partial charge in [0.2, 0.25) is 0 Å². The van der Waals surface area contributed by atoms with Gasteiger partial charge in [-0.25, -0.2) is 4.98 Å². The van der Waals surface area contributed by atoms with Crippen molar-refractivity contribution in [2.45, 2.75) is 121 Å². The smallest absolute Gasteiger partial charge is 0.301 e. The number of aromatic nitrogens is 6. The maximum atomic E-state index is 6.96. The van der Waals surface area contributed by atoms with Crippen molar-refractivity contribution in [1.29, 1.82) is 0 Å². The first-order chi connectivity index (χ1) is 23.4. The van der Waals surface area contributed by atoms with Crippen molar-refractivity contribution in [3.63, 3.8) is 0 Å². The first-order valence-corrected chi connectivity index (χ1v) is 21.4. The third-order valence-electron chi connectivity index (χ3n) is 11.7. The predicted molar refractivity (Wildman–Crippen MR) is 192 cm³/mol. The molecule has 262 valence electrons. The van der Waals surface area contributed by atoms with Gasteiger partial charge in [-0.05, 0) is 87.2 Å². The van der Waals surface area contributed by atoms with Crippen molar-refractivity contribution in [2.75, 3.05) is 13.2 Å². The molecule has 6 heterocycles. The summed E-state index contributed by atoms with van der Waals surface area (Å²) in [5.41, 5.74) is 6.97. The minimum absolute atomic E-state index is 0.0467. The van der Waals surface area contributed by atoms with E-state index in [4.69, 9.17) is 45.2 Å². The molecular weight excluding hydrogens is 656 g/mol. The van der Waals surface area contributed by atoms with E-state index in [2.05, 4.69) is 49.6 Å². The van der Waals surface area contributed by atoms with Crippen LogP contribution in [0.1, 0.15) is 88.4 Å². The number of aryl methyl sites for hydroxylation is 2. The third-order valence-corrected chi connectivity index (χ3v) is 16.6. The second-order valence-corrected chi connectivity index (χ2v) is 21.2. The summed E-state index contributed by atoms with van der Waals surface area (Å²) in [6.45, 7) is 12.8. The highest BCUT2D eigenvalue weighted by atomic mass is 35.5. The summed E-state index contributed by atoms with van der Waals surface area (Å²) < 4.78 is 30.3. The van der Waals surface area contributed by atoms with E-state index in [0.717, 1.165) is 78.6 Å². The Kier molecular flexibility index (Phi) is 8.66. The molecule has 49 heavy (non-hydrogen) atoms. The van der Waals surface area contributed by atoms with Crippen LogP contribution in [-0.4, -0.2) is 69.1 Å². The van der Waals surface area contributed by atoms with Crippen LogP contribution in [0.3, 0.4) is 0 Å². The third kappa shape index (κ3) is 6.24. The van der Waals surface area contributed by atoms with Crippen LogP contribution in [0.4, 0.5) is 0 Å². The number of rotatable bonds is 8. The molecular formula is C37H49ClN6O4Si. The van der Waals surface area contributed by atoms with E-state index in [-0.39, 0.29) is 41.4 Å². The molecule has 0 bridgehead atoms. The van der Waals surface area contributed by atoms with Crippen molar-refractivity contribution in [2.24, 2.45) is 13.0 Å². The van der Waals surface area contributed by atoms with Gasteiger partial charge >= 0.3 is 6.01 Å². The zero-order valence-corrected chi connectivity index (χ0v) is 31.4. The van der Waals surface area contributed by atoms with Gasteiger partial charge < -0.3 is 18.6 Å². The Morgan fingerprint density at radius 1 is 1.00 bits per heavy atom. The fourth-order valence-corrected chi connectivity index (χ4v) is 9.58. The van der Waals surface area contributed by atoms with E-state index < -0.39 is 8.32 Å². The number of imidazole rings is 1. The summed E-state index contributed by atoms with van der Waals surface area (Å²) in [4.78, 5) is 15.2. The number of hydrogen-bond donors (Lipinski definition) is 0. The van der Waals surface area contributed by atoms with Gasteiger partial charge in [-0.2, -0.15) is 10.1 Å². The van der Waals surface area contributed by atoms with Crippen LogP contribution < -0.4 is 4.74 Å². The Balaban J connectivity index is 1.05. The Morgan fingerprint density at radius 3 is 2.61 bits per heavy atom. The van der Waals surface area contributed by atoms with Gasteiger partial charge in [0.05, 0.1) is 35.7 Å². The highest BCUT2D eigenvalue weighted by Gasteiger charge is 2.51. The van der Waals surface area contributed by atoms with Crippen LogP contribution in [0.25, 0.3) is 22.3 Å². The molecule has 8 rings (SSSR count). The first kappa shape index (κ1) is 33.3. The number of nitrogens with zero attached hydrogens (tertiary/aromatic N) is 6. The van der Waals surface area contributed by atoms with E-state index in [1.807, 2.05) is 36.4 Å². The van der Waals surface area contributed by atoms with Crippen LogP contribution in [-0.2, 0) is 33.8 Å². The number of pyridine rings is 2. The van der Waals surface area contributed by atoms with E-state index in [9.17, 15) is 0 Å². The predicted octanol–water partition coefficient (Wildman–Crippen LogP) is 7.80. The van der Waals surface area contributed by atoms with Crippen molar-refractivity contribution >= 4 is 31.1 Å². The highest BCUT2D eigenvalue weighted by molar-refractivity contribution is 6.74. The molecule has 0 radical (unpaired) electrons. The molecule has 3 fully saturated rings. The molecule has 2 aliphatic carbocycles. The van der Waals surface area contributed by atoms with Crippen molar-refractivity contribution in [3.8, 4) is 17.1 Å². The van der Waals surface area contributed by atoms with Crippen LogP contribution in [0, 0.1) is 5.92 Å². The average molecular weight is 705 g/mol. The van der Waals surface area contributed by atoms with Gasteiger partial charge in [-0.1, -0.05) is 32.4 Å². The summed E-state index contributed by atoms with van der Waals surface area (Å²) in [6, 6.07) is 4.76. The molecule has 6 atom stereocenters. The van der Waals surface area contributed by atoms with E-state index >= 15 is 0 Å². The van der Waals surface area contributed by atoms with Crippen LogP contribution in [0.15, 0.2) is 30.7 Å². The molecule has 12 heteroatoms. The van der Waals surface area contributed by atoms with E-state index in [0.29, 0.717) is 30.7 Å². The summed E-state index contributed by atoms with van der Waals surface area (Å²) in [6.07, 6.45) is 13.5.